The summed E-state index contributed by atoms with van der Waals surface area (Å²) in [5.41, 5.74) is 5.08. The number of ether oxygens (including phenoxy) is 1. The summed E-state index contributed by atoms with van der Waals surface area (Å²) in [6.07, 6.45) is 5.38. The van der Waals surface area contributed by atoms with Gasteiger partial charge in [0.1, 0.15) is 22.7 Å². The summed E-state index contributed by atoms with van der Waals surface area (Å²) >= 11 is 3.48. The van der Waals surface area contributed by atoms with Gasteiger partial charge in [0.05, 0.1) is 22.8 Å². The second kappa shape index (κ2) is 9.37. The van der Waals surface area contributed by atoms with Crippen molar-refractivity contribution >= 4 is 15.9 Å². The normalized spacial score (nSPS) is 11.7. The average Bonchev–Trinajstić information content (AvgIpc) is 3.22. The molecule has 0 radical (unpaired) electrons. The van der Waals surface area contributed by atoms with Crippen molar-refractivity contribution in [2.24, 2.45) is 7.05 Å². The monoisotopic (exact) mass is 536 g/mol. The molecule has 0 saturated carbocycles. The molecule has 0 N–H and O–H groups in total. The summed E-state index contributed by atoms with van der Waals surface area (Å²) < 4.78 is 9.75. The van der Waals surface area contributed by atoms with E-state index in [0.717, 1.165) is 34.0 Å². The number of hydrogen-bond donors (Lipinski definition) is 0. The number of nitrogens with zero attached hydrogens (tertiary/aromatic N) is 6. The molecule has 8 nitrogen and oxygen atoms in total. The molecule has 0 aromatic carbocycles. The zero-order valence-electron chi connectivity index (χ0n) is 21.0. The van der Waals surface area contributed by atoms with E-state index in [1.807, 2.05) is 58.4 Å². The van der Waals surface area contributed by atoms with Crippen LogP contribution in [0.2, 0.25) is 0 Å². The Labute approximate surface area is 213 Å². The van der Waals surface area contributed by atoms with Crippen LogP contribution in [0.3, 0.4) is 0 Å². The van der Waals surface area contributed by atoms with Crippen molar-refractivity contribution < 1.29 is 4.74 Å². The highest BCUT2D eigenvalue weighted by Crippen LogP contribution is 2.31. The molecule has 0 fully saturated rings. The first-order valence-corrected chi connectivity index (χ1v) is 12.1. The van der Waals surface area contributed by atoms with Gasteiger partial charge < -0.3 is 4.74 Å². The van der Waals surface area contributed by atoms with E-state index in [0.29, 0.717) is 21.6 Å². The zero-order chi connectivity index (χ0) is 25.5. The van der Waals surface area contributed by atoms with Gasteiger partial charge in [0.15, 0.2) is 0 Å². The zero-order valence-corrected chi connectivity index (χ0v) is 22.6. The van der Waals surface area contributed by atoms with Crippen molar-refractivity contribution in [1.29, 1.82) is 0 Å². The summed E-state index contributed by atoms with van der Waals surface area (Å²) in [6.45, 7) is 12.3. The first-order chi connectivity index (χ1) is 16.5. The minimum atomic E-state index is -0.212. The summed E-state index contributed by atoms with van der Waals surface area (Å²) in [5, 5.41) is 4.34. The topological polar surface area (TPSA) is 87.7 Å². The second-order valence-corrected chi connectivity index (χ2v) is 10.4. The molecule has 0 bridgehead atoms. The highest BCUT2D eigenvalue weighted by atomic mass is 79.9. The van der Waals surface area contributed by atoms with Crippen LogP contribution in [-0.2, 0) is 19.1 Å². The lowest BCUT2D eigenvalue weighted by Gasteiger charge is -2.19. The Morgan fingerprint density at radius 3 is 2.51 bits per heavy atom. The van der Waals surface area contributed by atoms with E-state index in [1.54, 1.807) is 15.4 Å². The Kier molecular flexibility index (Phi) is 6.64. The third-order valence-corrected chi connectivity index (χ3v) is 6.53. The predicted molar refractivity (Wildman–Crippen MR) is 139 cm³/mol. The minimum absolute atomic E-state index is 0.194. The molecular formula is C26H29BrN6O2. The van der Waals surface area contributed by atoms with Crippen molar-refractivity contribution in [3.05, 3.63) is 80.0 Å². The molecule has 0 aliphatic heterocycles. The summed E-state index contributed by atoms with van der Waals surface area (Å²) in [7, 11) is 1.85. The van der Waals surface area contributed by atoms with Crippen LogP contribution in [0.1, 0.15) is 49.1 Å². The van der Waals surface area contributed by atoms with E-state index in [4.69, 9.17) is 9.72 Å². The molecule has 9 heteroatoms. The van der Waals surface area contributed by atoms with Crippen molar-refractivity contribution in [2.45, 2.75) is 53.6 Å². The summed E-state index contributed by atoms with van der Waals surface area (Å²) in [4.78, 5) is 27.3. The Balaban J connectivity index is 1.76. The van der Waals surface area contributed by atoms with Crippen molar-refractivity contribution in [2.75, 3.05) is 0 Å². The largest absolute Gasteiger partial charge is 0.485 e. The molecule has 0 aliphatic carbocycles. The van der Waals surface area contributed by atoms with Crippen LogP contribution < -0.4 is 10.3 Å². The average molecular weight is 537 g/mol. The van der Waals surface area contributed by atoms with Crippen molar-refractivity contribution in [3.8, 4) is 22.8 Å². The van der Waals surface area contributed by atoms with Crippen LogP contribution in [-0.4, -0.2) is 29.3 Å². The van der Waals surface area contributed by atoms with E-state index < -0.39 is 0 Å². The Morgan fingerprint density at radius 1 is 1.11 bits per heavy atom. The van der Waals surface area contributed by atoms with Crippen molar-refractivity contribution in [1.82, 2.24) is 29.3 Å². The third-order valence-electron chi connectivity index (χ3n) is 5.83. The molecule has 4 aromatic rings. The van der Waals surface area contributed by atoms with E-state index in [2.05, 4.69) is 51.8 Å². The smallest absolute Gasteiger partial charge is 0.273 e. The number of halogens is 1. The van der Waals surface area contributed by atoms with Gasteiger partial charge in [-0.1, -0.05) is 20.8 Å². The van der Waals surface area contributed by atoms with Gasteiger partial charge in [0.2, 0.25) is 0 Å². The maximum absolute atomic E-state index is 13.4. The molecule has 0 saturated heterocycles. The first kappa shape index (κ1) is 24.8. The lowest BCUT2D eigenvalue weighted by atomic mass is 9.95. The van der Waals surface area contributed by atoms with Gasteiger partial charge in [-0.05, 0) is 60.5 Å². The van der Waals surface area contributed by atoms with E-state index in [1.165, 1.54) is 0 Å². The van der Waals surface area contributed by atoms with Crippen LogP contribution in [0.4, 0.5) is 0 Å². The highest BCUT2D eigenvalue weighted by molar-refractivity contribution is 9.10. The fourth-order valence-electron chi connectivity index (χ4n) is 3.76. The number of rotatable bonds is 5. The quantitative estimate of drug-likeness (QED) is 0.357. The standard InChI is InChI=1S/C26H29BrN6O2/c1-15-13-29-25(26(4,5)6)30-22(15)20-12-19(8-10-28-20)33-17(3)16(2)23(21(27)24(33)34)35-14-18-9-11-32(7)31-18/h8-13H,14H2,1-7H3. The number of pyridine rings is 2. The lowest BCUT2D eigenvalue weighted by Crippen LogP contribution is -2.24. The van der Waals surface area contributed by atoms with Gasteiger partial charge in [0, 0.05) is 42.3 Å². The van der Waals surface area contributed by atoms with Gasteiger partial charge in [-0.25, -0.2) is 9.97 Å². The fraction of sp³-hybridized carbons (Fsp3) is 0.346. The molecule has 0 aliphatic rings. The number of aryl methyl sites for hydroxylation is 2. The Bertz CT molecular complexity index is 1470. The van der Waals surface area contributed by atoms with Gasteiger partial charge in [-0.2, -0.15) is 5.10 Å². The molecular weight excluding hydrogens is 508 g/mol. The van der Waals surface area contributed by atoms with Gasteiger partial charge in [0.25, 0.3) is 5.56 Å². The van der Waals surface area contributed by atoms with Gasteiger partial charge in [-0.3, -0.25) is 19.0 Å². The summed E-state index contributed by atoms with van der Waals surface area (Å²) in [6, 6.07) is 5.59. The molecule has 4 heterocycles. The predicted octanol–water partition coefficient (Wildman–Crippen LogP) is 4.99. The molecule has 4 rings (SSSR count). The molecule has 4 aromatic heterocycles. The van der Waals surface area contributed by atoms with E-state index in [9.17, 15) is 4.79 Å². The molecule has 0 spiro atoms. The van der Waals surface area contributed by atoms with Crippen LogP contribution in [0.25, 0.3) is 17.1 Å². The molecule has 35 heavy (non-hydrogen) atoms. The minimum Gasteiger partial charge on any atom is -0.485 e. The van der Waals surface area contributed by atoms with Gasteiger partial charge in [-0.15, -0.1) is 0 Å². The lowest BCUT2D eigenvalue weighted by molar-refractivity contribution is 0.294. The fourth-order valence-corrected chi connectivity index (χ4v) is 4.35. The first-order valence-electron chi connectivity index (χ1n) is 11.3. The van der Waals surface area contributed by atoms with Crippen LogP contribution >= 0.6 is 15.9 Å². The Hall–Kier alpha value is -3.33. The van der Waals surface area contributed by atoms with E-state index >= 15 is 0 Å². The number of aromatic nitrogens is 6. The SMILES string of the molecule is Cc1cnc(C(C)(C)C)nc1-c1cc(-n2c(C)c(C)c(OCc3ccn(C)n3)c(Br)c2=O)ccn1. The second-order valence-electron chi connectivity index (χ2n) is 9.64. The van der Waals surface area contributed by atoms with Gasteiger partial charge >= 0.3 is 0 Å². The van der Waals surface area contributed by atoms with Crippen LogP contribution in [0, 0.1) is 20.8 Å². The van der Waals surface area contributed by atoms with Crippen LogP contribution in [0.5, 0.6) is 5.75 Å². The molecule has 0 atom stereocenters. The maximum atomic E-state index is 13.4. The maximum Gasteiger partial charge on any atom is 0.273 e. The van der Waals surface area contributed by atoms with Crippen molar-refractivity contribution in [3.63, 3.8) is 0 Å². The molecule has 0 unspecified atom stereocenters. The van der Waals surface area contributed by atoms with E-state index in [-0.39, 0.29) is 17.6 Å². The number of hydrogen-bond acceptors (Lipinski definition) is 6. The molecule has 0 amide bonds. The highest BCUT2D eigenvalue weighted by Gasteiger charge is 2.21. The Morgan fingerprint density at radius 2 is 1.86 bits per heavy atom. The summed E-state index contributed by atoms with van der Waals surface area (Å²) in [5.74, 6) is 1.26. The molecule has 182 valence electrons. The van der Waals surface area contributed by atoms with Crippen LogP contribution in [0.15, 0.2) is 46.1 Å². The third kappa shape index (κ3) is 4.91.